The Bertz CT molecular complexity index is 1270. The number of carbonyl (C=O) groups excluding carboxylic acids is 1. The monoisotopic (exact) mass is 441 g/mol. The van der Waals surface area contributed by atoms with E-state index in [-0.39, 0.29) is 12.0 Å². The topological polar surface area (TPSA) is 72.3 Å². The minimum atomic E-state index is -0.199. The molecule has 1 aliphatic heterocycles. The molecule has 0 saturated carbocycles. The van der Waals surface area contributed by atoms with Gasteiger partial charge in [0.25, 0.3) is 5.91 Å². The molecule has 7 heteroatoms. The molecule has 1 fully saturated rings. The van der Waals surface area contributed by atoms with Crippen molar-refractivity contribution in [2.24, 2.45) is 7.05 Å². The molecule has 0 aliphatic carbocycles. The van der Waals surface area contributed by atoms with Gasteiger partial charge in [0, 0.05) is 42.8 Å². The number of hydrogen-bond acceptors (Lipinski definition) is 5. The van der Waals surface area contributed by atoms with Gasteiger partial charge in [0.05, 0.1) is 18.2 Å². The van der Waals surface area contributed by atoms with Gasteiger partial charge >= 0.3 is 0 Å². The molecule has 2 aromatic heterocycles. The number of aryl methyl sites for hydroxylation is 1. The van der Waals surface area contributed by atoms with E-state index >= 15 is 0 Å². The van der Waals surface area contributed by atoms with Gasteiger partial charge in [0.1, 0.15) is 17.7 Å². The molecular weight excluding hydrogens is 414 g/mol. The fourth-order valence-electron chi connectivity index (χ4n) is 4.17. The Kier molecular flexibility index (Phi) is 5.79. The van der Waals surface area contributed by atoms with Crippen molar-refractivity contribution in [3.8, 4) is 17.0 Å². The van der Waals surface area contributed by atoms with Crippen molar-refractivity contribution in [3.63, 3.8) is 0 Å². The molecule has 1 N–H and O–H groups in total. The van der Waals surface area contributed by atoms with Crippen molar-refractivity contribution >= 4 is 22.5 Å². The van der Waals surface area contributed by atoms with Crippen molar-refractivity contribution < 1.29 is 9.53 Å². The van der Waals surface area contributed by atoms with Crippen LogP contribution in [0.3, 0.4) is 0 Å². The Hall–Kier alpha value is -3.71. The zero-order valence-electron chi connectivity index (χ0n) is 18.9. The molecule has 1 amide bonds. The number of hydrogen-bond donors (Lipinski definition) is 1. The molecule has 7 nitrogen and oxygen atoms in total. The molecule has 4 aromatic rings. The summed E-state index contributed by atoms with van der Waals surface area (Å²) in [6.07, 6.45) is 7.67. The summed E-state index contributed by atoms with van der Waals surface area (Å²) >= 11 is 0. The minimum absolute atomic E-state index is 0.199. The second-order valence-corrected chi connectivity index (χ2v) is 8.62. The molecule has 0 radical (unpaired) electrons. The first-order chi connectivity index (χ1) is 16.0. The van der Waals surface area contributed by atoms with E-state index in [2.05, 4.69) is 39.4 Å². The van der Waals surface area contributed by atoms with Gasteiger partial charge < -0.3 is 19.5 Å². The third kappa shape index (κ3) is 4.73. The number of fused-ring (bicyclic) bond motifs is 1. The lowest BCUT2D eigenvalue weighted by Crippen LogP contribution is -2.35. The Balaban J connectivity index is 1.28. The van der Waals surface area contributed by atoms with Crippen LogP contribution in [0.4, 0.5) is 5.82 Å². The average molecular weight is 442 g/mol. The van der Waals surface area contributed by atoms with Gasteiger partial charge in [-0.05, 0) is 61.7 Å². The molecule has 2 aromatic carbocycles. The Morgan fingerprint density at radius 2 is 1.79 bits per heavy atom. The van der Waals surface area contributed by atoms with E-state index in [1.807, 2.05) is 42.1 Å². The van der Waals surface area contributed by atoms with E-state index in [0.29, 0.717) is 11.4 Å². The largest absolute Gasteiger partial charge is 0.490 e. The summed E-state index contributed by atoms with van der Waals surface area (Å²) in [5.41, 5.74) is 2.66. The van der Waals surface area contributed by atoms with Crippen LogP contribution in [0.15, 0.2) is 67.3 Å². The zero-order valence-corrected chi connectivity index (χ0v) is 18.9. The summed E-state index contributed by atoms with van der Waals surface area (Å²) in [6, 6.07) is 15.4. The molecule has 168 valence electrons. The van der Waals surface area contributed by atoms with Gasteiger partial charge in [-0.25, -0.2) is 9.97 Å². The standard InChI is InChI=1S/C26H27N5O2/c1-30-11-9-23(10-12-30)33-22-7-5-18(6-8-22)26(32)29-25-14-21-13-19(3-4-20(21)15-28-25)24-16-27-17-31(24)2/h3-8,13-17,23H,9-12H2,1-2H3,(H,28,29,32). The number of amides is 1. The van der Waals surface area contributed by atoms with Gasteiger partial charge in [-0.3, -0.25) is 4.79 Å². The third-order valence-corrected chi connectivity index (χ3v) is 6.16. The summed E-state index contributed by atoms with van der Waals surface area (Å²) < 4.78 is 8.06. The number of ether oxygens (including phenoxy) is 1. The number of pyridine rings is 1. The predicted octanol–water partition coefficient (Wildman–Crippen LogP) is 4.36. The first-order valence-corrected chi connectivity index (χ1v) is 11.2. The number of anilines is 1. The Labute approximate surface area is 193 Å². The van der Waals surface area contributed by atoms with E-state index in [4.69, 9.17) is 4.74 Å². The number of likely N-dealkylation sites (tertiary alicyclic amines) is 1. The summed E-state index contributed by atoms with van der Waals surface area (Å²) in [6.45, 7) is 2.10. The summed E-state index contributed by atoms with van der Waals surface area (Å²) in [4.78, 5) is 23.7. The molecule has 0 bridgehead atoms. The highest BCUT2D eigenvalue weighted by atomic mass is 16.5. The lowest BCUT2D eigenvalue weighted by molar-refractivity contribution is 0.102. The lowest BCUT2D eigenvalue weighted by atomic mass is 10.1. The van der Waals surface area contributed by atoms with E-state index in [1.54, 1.807) is 24.7 Å². The number of imidazole rings is 1. The summed E-state index contributed by atoms with van der Waals surface area (Å²) in [7, 11) is 4.10. The molecule has 33 heavy (non-hydrogen) atoms. The number of nitrogens with zero attached hydrogens (tertiary/aromatic N) is 4. The third-order valence-electron chi connectivity index (χ3n) is 6.16. The summed E-state index contributed by atoms with van der Waals surface area (Å²) in [5.74, 6) is 1.12. The highest BCUT2D eigenvalue weighted by Gasteiger charge is 2.18. The number of benzene rings is 2. The van der Waals surface area contributed by atoms with E-state index in [0.717, 1.165) is 53.7 Å². The minimum Gasteiger partial charge on any atom is -0.490 e. The van der Waals surface area contributed by atoms with Crippen molar-refractivity contribution in [3.05, 3.63) is 72.8 Å². The van der Waals surface area contributed by atoms with Crippen molar-refractivity contribution in [1.82, 2.24) is 19.4 Å². The van der Waals surface area contributed by atoms with Crippen LogP contribution in [0.5, 0.6) is 5.75 Å². The quantitative estimate of drug-likeness (QED) is 0.498. The van der Waals surface area contributed by atoms with Crippen LogP contribution in [0.2, 0.25) is 0 Å². The molecule has 3 heterocycles. The van der Waals surface area contributed by atoms with Gasteiger partial charge in [0.15, 0.2) is 0 Å². The normalized spacial score (nSPS) is 15.0. The van der Waals surface area contributed by atoms with Crippen LogP contribution in [-0.2, 0) is 7.05 Å². The van der Waals surface area contributed by atoms with Gasteiger partial charge in [-0.15, -0.1) is 0 Å². The van der Waals surface area contributed by atoms with Crippen LogP contribution < -0.4 is 10.1 Å². The highest BCUT2D eigenvalue weighted by Crippen LogP contribution is 2.25. The van der Waals surface area contributed by atoms with Gasteiger partial charge in [-0.1, -0.05) is 12.1 Å². The van der Waals surface area contributed by atoms with Crippen molar-refractivity contribution in [1.29, 1.82) is 0 Å². The fraction of sp³-hybridized carbons (Fsp3) is 0.269. The van der Waals surface area contributed by atoms with E-state index in [1.165, 1.54) is 0 Å². The Morgan fingerprint density at radius 1 is 1.00 bits per heavy atom. The second-order valence-electron chi connectivity index (χ2n) is 8.62. The van der Waals surface area contributed by atoms with Crippen LogP contribution in [0.1, 0.15) is 23.2 Å². The summed E-state index contributed by atoms with van der Waals surface area (Å²) in [5, 5.41) is 4.92. The number of rotatable bonds is 5. The maximum Gasteiger partial charge on any atom is 0.256 e. The average Bonchev–Trinajstić information content (AvgIpc) is 3.26. The molecule has 1 saturated heterocycles. The molecular formula is C26H27N5O2. The number of aromatic nitrogens is 3. The molecule has 0 spiro atoms. The SMILES string of the molecule is CN1CCC(Oc2ccc(C(=O)Nc3cc4cc(-c5cncn5C)ccc4cn3)cc2)CC1. The zero-order chi connectivity index (χ0) is 22.8. The number of piperidine rings is 1. The number of carbonyl (C=O) groups is 1. The lowest BCUT2D eigenvalue weighted by Gasteiger charge is -2.29. The maximum atomic E-state index is 12.8. The smallest absolute Gasteiger partial charge is 0.256 e. The van der Waals surface area contributed by atoms with E-state index < -0.39 is 0 Å². The highest BCUT2D eigenvalue weighted by molar-refractivity contribution is 6.04. The van der Waals surface area contributed by atoms with Gasteiger partial charge in [-0.2, -0.15) is 0 Å². The molecule has 1 aliphatic rings. The predicted molar refractivity (Wildman–Crippen MR) is 129 cm³/mol. The van der Waals surface area contributed by atoms with Crippen LogP contribution in [0.25, 0.3) is 22.0 Å². The van der Waals surface area contributed by atoms with Crippen LogP contribution in [-0.4, -0.2) is 51.6 Å². The van der Waals surface area contributed by atoms with Crippen LogP contribution >= 0.6 is 0 Å². The maximum absolute atomic E-state index is 12.8. The van der Waals surface area contributed by atoms with Crippen molar-refractivity contribution in [2.45, 2.75) is 18.9 Å². The second kappa shape index (κ2) is 9.03. The number of nitrogens with one attached hydrogen (secondary N) is 1. The van der Waals surface area contributed by atoms with Crippen molar-refractivity contribution in [2.75, 3.05) is 25.5 Å². The Morgan fingerprint density at radius 3 is 2.52 bits per heavy atom. The fourth-order valence-corrected chi connectivity index (χ4v) is 4.17. The molecule has 5 rings (SSSR count). The van der Waals surface area contributed by atoms with Crippen LogP contribution in [0, 0.1) is 0 Å². The van der Waals surface area contributed by atoms with Gasteiger partial charge in [0.2, 0.25) is 0 Å². The first kappa shape index (κ1) is 21.2. The molecule has 0 unspecified atom stereocenters. The van der Waals surface area contributed by atoms with E-state index in [9.17, 15) is 4.79 Å². The first-order valence-electron chi connectivity index (χ1n) is 11.2. The molecule has 0 atom stereocenters.